The number of halogens is 1. The van der Waals surface area contributed by atoms with Crippen LogP contribution < -0.4 is 16.0 Å². The van der Waals surface area contributed by atoms with Crippen LogP contribution >= 0.6 is 11.6 Å². The van der Waals surface area contributed by atoms with Gasteiger partial charge in [-0.2, -0.15) is 4.31 Å². The van der Waals surface area contributed by atoms with Crippen molar-refractivity contribution in [1.82, 2.24) is 14.9 Å². The van der Waals surface area contributed by atoms with Crippen molar-refractivity contribution in [2.24, 2.45) is 0 Å². The molecule has 8 nitrogen and oxygen atoms in total. The highest BCUT2D eigenvalue weighted by atomic mass is 35.5. The van der Waals surface area contributed by atoms with Gasteiger partial charge in [-0.05, 0) is 73.2 Å². The topological polar surface area (TPSA) is 108 Å². The van der Waals surface area contributed by atoms with Gasteiger partial charge in [0.15, 0.2) is 0 Å². The van der Waals surface area contributed by atoms with Gasteiger partial charge >= 0.3 is 6.03 Å². The predicted molar refractivity (Wildman–Crippen MR) is 148 cm³/mol. The van der Waals surface area contributed by atoms with E-state index in [1.807, 2.05) is 30.3 Å². The highest BCUT2D eigenvalue weighted by molar-refractivity contribution is 7.89. The molecule has 200 valence electrons. The van der Waals surface area contributed by atoms with E-state index in [0.717, 1.165) is 24.8 Å². The maximum Gasteiger partial charge on any atom is 0.319 e. The van der Waals surface area contributed by atoms with Gasteiger partial charge in [-0.25, -0.2) is 13.2 Å². The summed E-state index contributed by atoms with van der Waals surface area (Å²) >= 11 is 5.96. The normalized spacial score (nSPS) is 15.9. The summed E-state index contributed by atoms with van der Waals surface area (Å²) in [6, 6.07) is 21.6. The molecule has 4 rings (SSSR count). The predicted octanol–water partition coefficient (Wildman–Crippen LogP) is 4.56. The summed E-state index contributed by atoms with van der Waals surface area (Å²) in [6.07, 6.45) is 2.68. The van der Waals surface area contributed by atoms with Gasteiger partial charge in [0.25, 0.3) is 0 Å². The zero-order chi connectivity index (χ0) is 27.0. The number of rotatable bonds is 9. The summed E-state index contributed by atoms with van der Waals surface area (Å²) in [7, 11) is -3.99. The summed E-state index contributed by atoms with van der Waals surface area (Å²) in [6.45, 7) is 1.03. The molecule has 3 N–H and O–H groups in total. The third kappa shape index (κ3) is 7.34. The van der Waals surface area contributed by atoms with Gasteiger partial charge in [-0.3, -0.25) is 4.79 Å². The Morgan fingerprint density at radius 3 is 2.37 bits per heavy atom. The lowest BCUT2D eigenvalue weighted by Gasteiger charge is -2.29. The molecule has 0 aromatic heterocycles. The van der Waals surface area contributed by atoms with E-state index in [0.29, 0.717) is 35.8 Å². The zero-order valence-corrected chi connectivity index (χ0v) is 22.5. The van der Waals surface area contributed by atoms with E-state index in [1.54, 1.807) is 24.3 Å². The van der Waals surface area contributed by atoms with Gasteiger partial charge in [-0.1, -0.05) is 54.1 Å². The number of sulfonamides is 1. The molecule has 0 aliphatic carbocycles. The van der Waals surface area contributed by atoms with Crippen LogP contribution in [0.3, 0.4) is 0 Å². The first-order valence-corrected chi connectivity index (χ1v) is 14.4. The fourth-order valence-corrected chi connectivity index (χ4v) is 6.05. The summed E-state index contributed by atoms with van der Waals surface area (Å²) in [5.74, 6) is -0.300. The number of carbonyl (C=O) groups is 2. The van der Waals surface area contributed by atoms with Crippen molar-refractivity contribution in [3.8, 4) is 0 Å². The van der Waals surface area contributed by atoms with Gasteiger partial charge in [0.05, 0.1) is 4.90 Å². The van der Waals surface area contributed by atoms with Crippen LogP contribution in [0, 0.1) is 0 Å². The van der Waals surface area contributed by atoms with Gasteiger partial charge < -0.3 is 16.0 Å². The summed E-state index contributed by atoms with van der Waals surface area (Å²) in [4.78, 5) is 25.2. The number of nitrogens with one attached hydrogen (secondary N) is 3. The number of amides is 3. The van der Waals surface area contributed by atoms with Gasteiger partial charge in [-0.15, -0.1) is 0 Å². The van der Waals surface area contributed by atoms with Gasteiger partial charge in [0, 0.05) is 30.3 Å². The van der Waals surface area contributed by atoms with Gasteiger partial charge in [0.1, 0.15) is 6.04 Å². The third-order valence-electron chi connectivity index (χ3n) is 6.37. The minimum atomic E-state index is -3.99. The molecule has 10 heteroatoms. The zero-order valence-electron chi connectivity index (χ0n) is 20.9. The number of hydrogen-bond acceptors (Lipinski definition) is 4. The van der Waals surface area contributed by atoms with Crippen molar-refractivity contribution in [2.75, 3.05) is 18.4 Å². The SMILES string of the molecule is O=C(NCCc1ccccc1)Nc1ccc(CN(C2CCCCNC2=O)S(=O)(=O)c2ccc(Cl)cc2)cc1. The Labute approximate surface area is 228 Å². The fourth-order valence-electron chi connectivity index (χ4n) is 4.32. The summed E-state index contributed by atoms with van der Waals surface area (Å²) in [5, 5.41) is 8.88. The van der Waals surface area contributed by atoms with E-state index in [1.165, 1.54) is 28.6 Å². The molecule has 0 spiro atoms. The number of benzene rings is 3. The second kappa shape index (κ2) is 12.9. The van der Waals surface area contributed by atoms with Crippen molar-refractivity contribution in [3.63, 3.8) is 0 Å². The Morgan fingerprint density at radius 1 is 0.947 bits per heavy atom. The minimum absolute atomic E-state index is 0.00655. The fraction of sp³-hybridized carbons (Fsp3) is 0.286. The molecule has 1 unspecified atom stereocenters. The smallest absolute Gasteiger partial charge is 0.319 e. The molecule has 1 heterocycles. The standard InChI is InChI=1S/C28H31ClN4O4S/c29-23-11-15-25(16-12-23)38(36,37)33(26-8-4-5-18-30-27(26)34)20-22-9-13-24(14-10-22)32-28(35)31-19-17-21-6-2-1-3-7-21/h1-3,6-7,9-16,26H,4-5,8,17-20H2,(H,30,34)(H2,31,32,35). The van der Waals surface area contributed by atoms with E-state index in [4.69, 9.17) is 11.6 Å². The van der Waals surface area contributed by atoms with E-state index in [-0.39, 0.29) is 23.4 Å². The first kappa shape index (κ1) is 27.6. The van der Waals surface area contributed by atoms with Crippen molar-refractivity contribution in [1.29, 1.82) is 0 Å². The maximum atomic E-state index is 13.7. The first-order valence-electron chi connectivity index (χ1n) is 12.6. The Hall–Kier alpha value is -3.40. The first-order chi connectivity index (χ1) is 18.3. The highest BCUT2D eigenvalue weighted by Crippen LogP contribution is 2.26. The number of anilines is 1. The molecule has 3 aromatic rings. The summed E-state index contributed by atoms with van der Waals surface area (Å²) < 4.78 is 28.6. The Balaban J connectivity index is 1.45. The highest BCUT2D eigenvalue weighted by Gasteiger charge is 2.36. The molecule has 1 saturated heterocycles. The molecule has 1 aliphatic rings. The number of urea groups is 1. The second-order valence-corrected chi connectivity index (χ2v) is 11.4. The molecule has 38 heavy (non-hydrogen) atoms. The quantitative estimate of drug-likeness (QED) is 0.360. The number of carbonyl (C=O) groups excluding carboxylic acids is 2. The van der Waals surface area contributed by atoms with Crippen LogP contribution in [0.4, 0.5) is 10.5 Å². The molecule has 1 atom stereocenters. The largest absolute Gasteiger partial charge is 0.355 e. The number of hydrogen-bond donors (Lipinski definition) is 3. The van der Waals surface area contributed by atoms with Crippen molar-refractivity contribution >= 4 is 39.2 Å². The van der Waals surface area contributed by atoms with Gasteiger partial charge in [0.2, 0.25) is 15.9 Å². The number of nitrogens with zero attached hydrogens (tertiary/aromatic N) is 1. The molecule has 1 aliphatic heterocycles. The van der Waals surface area contributed by atoms with Crippen LogP contribution in [0.5, 0.6) is 0 Å². The Bertz CT molecular complexity index is 1330. The lowest BCUT2D eigenvalue weighted by atomic mass is 10.1. The van der Waals surface area contributed by atoms with Crippen molar-refractivity contribution in [3.05, 3.63) is 95.0 Å². The Morgan fingerprint density at radius 2 is 1.66 bits per heavy atom. The molecule has 1 fully saturated rings. The molecular weight excluding hydrogens is 524 g/mol. The van der Waals surface area contributed by atoms with Crippen molar-refractivity contribution in [2.45, 2.75) is 43.2 Å². The monoisotopic (exact) mass is 554 g/mol. The Kier molecular flexibility index (Phi) is 9.38. The molecule has 3 aromatic carbocycles. The van der Waals surface area contributed by atoms with Crippen LogP contribution in [-0.2, 0) is 27.8 Å². The summed E-state index contributed by atoms with van der Waals surface area (Å²) in [5.41, 5.74) is 2.40. The molecule has 3 amide bonds. The van der Waals surface area contributed by atoms with Crippen LogP contribution in [0.25, 0.3) is 0 Å². The molecule has 0 radical (unpaired) electrons. The maximum absolute atomic E-state index is 13.7. The average molecular weight is 555 g/mol. The van der Waals surface area contributed by atoms with E-state index in [2.05, 4.69) is 16.0 Å². The second-order valence-electron chi connectivity index (χ2n) is 9.12. The molecule has 0 saturated carbocycles. The van der Waals surface area contributed by atoms with E-state index < -0.39 is 16.1 Å². The molecule has 0 bridgehead atoms. The minimum Gasteiger partial charge on any atom is -0.355 e. The lowest BCUT2D eigenvalue weighted by molar-refractivity contribution is -0.124. The van der Waals surface area contributed by atoms with Crippen LogP contribution in [0.15, 0.2) is 83.8 Å². The molecular formula is C28H31ClN4O4S. The van der Waals surface area contributed by atoms with Crippen LogP contribution in [0.2, 0.25) is 5.02 Å². The average Bonchev–Trinajstić information content (AvgIpc) is 3.13. The lowest BCUT2D eigenvalue weighted by Crippen LogP contribution is -2.48. The van der Waals surface area contributed by atoms with E-state index in [9.17, 15) is 18.0 Å². The third-order valence-corrected chi connectivity index (χ3v) is 8.49. The van der Waals surface area contributed by atoms with Crippen molar-refractivity contribution < 1.29 is 18.0 Å². The van der Waals surface area contributed by atoms with Crippen LogP contribution in [0.1, 0.15) is 30.4 Å². The van der Waals surface area contributed by atoms with E-state index >= 15 is 0 Å². The van der Waals surface area contributed by atoms with Crippen LogP contribution in [-0.4, -0.2) is 43.8 Å².